The minimum Gasteiger partial charge on any atom is -0.477 e. The van der Waals surface area contributed by atoms with Crippen LogP contribution in [0.15, 0.2) is 0 Å². The summed E-state index contributed by atoms with van der Waals surface area (Å²) < 4.78 is 126. The van der Waals surface area contributed by atoms with Gasteiger partial charge in [-0.2, -0.15) is 0 Å². The molecule has 0 aromatic carbocycles. The van der Waals surface area contributed by atoms with E-state index >= 15 is 0 Å². The Morgan fingerprint density at radius 2 is 0.863 bits per heavy atom. The fraction of sp³-hybridized carbons (Fsp3) is 0.958. The van der Waals surface area contributed by atoms with Crippen molar-refractivity contribution in [1.82, 2.24) is 0 Å². The SMILES string of the molecule is N[C@@H]1[C@@H](O)[C@H](O)[C@@H](CO[C@@H]2O[C@H](CO[C@]3(C(=O)O)C[C@@H](O[C@]4(C(=O)O)C[C@@H](O)[C@@H](O)[C@@H]([C@H](O)CO)O4)[C@@H](O[C@H]4O[C@H]([C@@H](O)CO)[C@@H](OP(=O)(O)O)[C@H](O[C@H]5O[C@H]([C@@H](O)CO)[C@@H](OP(=O)(O)O)[C@H](O[C@H]6O[C@H](CO)[C@@H](O)[C@H](O)[C@H]6O)[C@@H]5O)[C@@H]4O)[C@@H]([C@H](O)CO)O3)[C@@H](OP(=O)(O)O)[C@H](O)[C@H]2N)O[C@@H]1O. The number of hydrogen-bond donors (Lipinski definition) is 30. The number of phosphoric acid groups is 3. The lowest BCUT2D eigenvalue weighted by molar-refractivity contribution is -0.408. The summed E-state index contributed by atoms with van der Waals surface area (Å²) in [5.74, 6) is -12.2. The Balaban J connectivity index is 1.34. The van der Waals surface area contributed by atoms with Crippen molar-refractivity contribution in [1.29, 1.82) is 0 Å². The molecule has 32 N–H and O–H groups in total. The minimum atomic E-state index is -6.17. The van der Waals surface area contributed by atoms with E-state index in [1.165, 1.54) is 0 Å². The quantitative estimate of drug-likeness (QED) is 0.0287. The molecule has 0 bridgehead atoms. The van der Waals surface area contributed by atoms with E-state index in [1.807, 2.05) is 0 Å². The third-order valence-corrected chi connectivity index (χ3v) is 18.8. The number of ether oxygens (including phenoxy) is 13. The van der Waals surface area contributed by atoms with Gasteiger partial charge in [0.1, 0.15) is 159 Å². The Hall–Kier alpha value is -2.13. The maximum absolute atomic E-state index is 14.0. The average molecular weight is 1570 g/mol. The molecule has 7 aliphatic heterocycles. The molecule has 596 valence electrons. The van der Waals surface area contributed by atoms with Crippen LogP contribution in [0.2, 0.25) is 0 Å². The Morgan fingerprint density at radius 1 is 0.431 bits per heavy atom. The summed E-state index contributed by atoms with van der Waals surface area (Å²) in [6.45, 7) is -9.85. The molecule has 0 unspecified atom stereocenters. The van der Waals surface area contributed by atoms with E-state index < -0.39 is 321 Å². The van der Waals surface area contributed by atoms with Crippen LogP contribution in [-0.4, -0.2) is 426 Å². The van der Waals surface area contributed by atoms with Gasteiger partial charge in [0.15, 0.2) is 31.5 Å². The third-order valence-electron chi connectivity index (χ3n) is 17.3. The molecule has 7 saturated heterocycles. The molecule has 0 spiro atoms. The summed E-state index contributed by atoms with van der Waals surface area (Å²) in [6, 6.07) is -3.55. The number of aliphatic hydroxyl groups excluding tert-OH is 20. The number of carbonyl (C=O) groups is 2. The van der Waals surface area contributed by atoms with E-state index in [1.54, 1.807) is 0 Å². The monoisotopic (exact) mass is 1570 g/mol. The summed E-state index contributed by atoms with van der Waals surface area (Å²) in [5, 5.41) is 239. The van der Waals surface area contributed by atoms with Crippen molar-refractivity contribution in [3.8, 4) is 0 Å². The molecule has 7 heterocycles. The van der Waals surface area contributed by atoms with Crippen LogP contribution < -0.4 is 11.5 Å². The molecular weight excluding hydrogens is 1480 g/mol. The molecule has 7 rings (SSSR count). The first-order valence-corrected chi connectivity index (χ1v) is 34.9. The molecule has 37 atom stereocenters. The zero-order valence-corrected chi connectivity index (χ0v) is 54.8. The molecule has 0 amide bonds. The molecule has 0 aliphatic carbocycles. The Labute approximate surface area is 571 Å². The number of carboxylic acids is 2. The molecule has 0 aromatic rings. The average Bonchev–Trinajstić information content (AvgIpc) is 0.746. The van der Waals surface area contributed by atoms with Crippen LogP contribution in [-0.2, 0) is 98.4 Å². The van der Waals surface area contributed by atoms with Crippen LogP contribution in [0.1, 0.15) is 12.8 Å². The van der Waals surface area contributed by atoms with E-state index in [0.717, 1.165) is 0 Å². The fourth-order valence-electron chi connectivity index (χ4n) is 12.1. The van der Waals surface area contributed by atoms with E-state index in [-0.39, 0.29) is 0 Å². The van der Waals surface area contributed by atoms with Gasteiger partial charge in [-0.05, 0) is 0 Å². The van der Waals surface area contributed by atoms with Gasteiger partial charge in [-0.3, -0.25) is 13.6 Å². The van der Waals surface area contributed by atoms with E-state index in [4.69, 9.17) is 86.6 Å². The highest BCUT2D eigenvalue weighted by molar-refractivity contribution is 7.46. The molecule has 7 fully saturated rings. The van der Waals surface area contributed by atoms with Crippen LogP contribution in [0, 0.1) is 0 Å². The fourth-order valence-corrected chi connectivity index (χ4v) is 13.8. The first-order chi connectivity index (χ1) is 47.3. The summed E-state index contributed by atoms with van der Waals surface area (Å²) in [4.78, 5) is 88.1. The van der Waals surface area contributed by atoms with Crippen molar-refractivity contribution in [2.75, 3.05) is 46.2 Å². The molecule has 0 aromatic heterocycles. The van der Waals surface area contributed by atoms with Crippen molar-refractivity contribution in [3.63, 3.8) is 0 Å². The maximum Gasteiger partial charge on any atom is 0.470 e. The van der Waals surface area contributed by atoms with Gasteiger partial charge in [0.2, 0.25) is 0 Å². The van der Waals surface area contributed by atoms with Crippen molar-refractivity contribution in [2.24, 2.45) is 11.5 Å². The number of aliphatic carboxylic acids is 2. The zero-order chi connectivity index (χ0) is 76.5. The number of rotatable bonds is 31. The molecule has 102 heavy (non-hydrogen) atoms. The van der Waals surface area contributed by atoms with E-state index in [2.05, 4.69) is 0 Å². The highest BCUT2D eigenvalue weighted by Crippen LogP contribution is 2.49. The Bertz CT molecular complexity index is 2850. The lowest BCUT2D eigenvalue weighted by atomic mass is 9.89. The number of carboxylic acid groups (broad SMARTS) is 2. The van der Waals surface area contributed by atoms with Gasteiger partial charge in [-0.15, -0.1) is 0 Å². The normalized spacial score (nSPS) is 45.4. The van der Waals surface area contributed by atoms with Crippen LogP contribution in [0.4, 0.5) is 0 Å². The number of nitrogens with two attached hydrogens (primary N) is 2. The van der Waals surface area contributed by atoms with E-state index in [0.29, 0.717) is 0 Å². The smallest absolute Gasteiger partial charge is 0.470 e. The molecule has 54 heteroatoms. The third kappa shape index (κ3) is 19.9. The summed E-state index contributed by atoms with van der Waals surface area (Å²) in [7, 11) is -18.0. The first-order valence-electron chi connectivity index (χ1n) is 30.3. The first kappa shape index (κ1) is 87.1. The predicted molar refractivity (Wildman–Crippen MR) is 303 cm³/mol. The summed E-state index contributed by atoms with van der Waals surface area (Å²) in [6.07, 6.45) is -85.5. The van der Waals surface area contributed by atoms with Gasteiger partial charge >= 0.3 is 35.4 Å². The second-order valence-corrected chi connectivity index (χ2v) is 28.0. The number of hydrogen-bond acceptors (Lipinski definition) is 43. The second-order valence-electron chi connectivity index (χ2n) is 24.4. The lowest BCUT2D eigenvalue weighted by Crippen LogP contribution is -2.71. The number of aliphatic hydroxyl groups is 20. The number of phosphoric ester groups is 3. The highest BCUT2D eigenvalue weighted by atomic mass is 31.2. The van der Waals surface area contributed by atoms with Gasteiger partial charge < -0.3 is 215 Å². The minimum absolute atomic E-state index is 0.945. The van der Waals surface area contributed by atoms with Crippen molar-refractivity contribution in [3.05, 3.63) is 0 Å². The van der Waals surface area contributed by atoms with Gasteiger partial charge in [0.05, 0.1) is 70.5 Å². The predicted octanol–water partition coefficient (Wildman–Crippen LogP) is -17.6. The molecule has 0 saturated carbocycles. The van der Waals surface area contributed by atoms with E-state index in [9.17, 15) is 165 Å². The van der Waals surface area contributed by atoms with Gasteiger partial charge in [-0.1, -0.05) is 0 Å². The molecule has 51 nitrogen and oxygen atoms in total. The van der Waals surface area contributed by atoms with Gasteiger partial charge in [0.25, 0.3) is 11.6 Å². The molecule has 7 aliphatic rings. The second kappa shape index (κ2) is 35.3. The van der Waals surface area contributed by atoms with Crippen molar-refractivity contribution < 1.29 is 240 Å². The summed E-state index contributed by atoms with van der Waals surface area (Å²) >= 11 is 0. The van der Waals surface area contributed by atoms with Crippen LogP contribution in [0.3, 0.4) is 0 Å². The standard InChI is InChI=1S/C48H85N2O49P3/c49-19-24(64)23(63)17(86-40(19)70)8-84-41-20(50)25(65)34(97-100(75,76)77)18(88-41)9-85-47(45(71)72)2-15(94-48(46(73)74)1-10(56)21(61)30(95-48)11(57)3-51)35(33(96-47)14(60)6-54)91-43-28(68)37(39(99-102(81,82)83)31(89-43)12(58)4-52)93-44-29(69)36(38(98-101(78,79)80)32(90-44)13(59)5-53)92-42-27(67)26(66)22(62)16(7-55)87-42/h10-44,51-70H,1-9,49-50H2,(H,71,72)(H,73,74)(H2,75,76,77)(H2,78,79,80)(H2,81,82,83)/t10-,11-,12+,13+,14-,15-,16-,17-,18-,19-,20-,21-,22-,23-,24-,25-,26+,27-,28+,29+,30-,31-,32-,33-,34-,35-,36-,37-,38-,39-,40+,41-,42-,43-,44-,47-,48-/m1/s1. The van der Waals surface area contributed by atoms with Gasteiger partial charge in [0, 0.05) is 12.8 Å². The van der Waals surface area contributed by atoms with Crippen LogP contribution in [0.5, 0.6) is 0 Å². The Kier molecular flexibility index (Phi) is 30.1. The Morgan fingerprint density at radius 3 is 1.33 bits per heavy atom. The van der Waals surface area contributed by atoms with Crippen molar-refractivity contribution >= 4 is 35.4 Å². The summed E-state index contributed by atoms with van der Waals surface area (Å²) in [5.41, 5.74) is 11.7. The topological polar surface area (TPSA) is 852 Å². The highest BCUT2D eigenvalue weighted by Gasteiger charge is 2.65. The zero-order valence-electron chi connectivity index (χ0n) is 52.2. The maximum atomic E-state index is 14.0. The molecule has 0 radical (unpaired) electrons. The van der Waals surface area contributed by atoms with Crippen LogP contribution in [0.25, 0.3) is 0 Å². The van der Waals surface area contributed by atoms with Crippen molar-refractivity contribution in [2.45, 2.75) is 239 Å². The van der Waals surface area contributed by atoms with Crippen LogP contribution >= 0.6 is 23.5 Å². The largest absolute Gasteiger partial charge is 0.477 e. The lowest BCUT2D eigenvalue weighted by Gasteiger charge is -2.53. The van der Waals surface area contributed by atoms with Gasteiger partial charge in [-0.25, -0.2) is 23.3 Å². The molecular formula is C48H85N2O49P3.